The Morgan fingerprint density at radius 2 is 1.14 bits per heavy atom. The van der Waals surface area contributed by atoms with Crippen LogP contribution in [0.1, 0.15) is 76.4 Å². The highest BCUT2D eigenvalue weighted by atomic mass is 14.9. The molecule has 316 valence electrons. The third-order valence-electron chi connectivity index (χ3n) is 11.6. The van der Waals surface area contributed by atoms with Crippen LogP contribution in [0.5, 0.6) is 0 Å². The lowest BCUT2D eigenvalue weighted by Gasteiger charge is -2.16. The van der Waals surface area contributed by atoms with Gasteiger partial charge in [0.15, 0.2) is 0 Å². The second kappa shape index (κ2) is 22.0. The quantitative estimate of drug-likeness (QED) is 0.0955. The zero-order valence-corrected chi connectivity index (χ0v) is 38.0. The Hall–Kier alpha value is -7.48. The molecule has 0 bridgehead atoms. The van der Waals surface area contributed by atoms with Crippen LogP contribution in [0.15, 0.2) is 219 Å². The van der Waals surface area contributed by atoms with Crippen molar-refractivity contribution in [1.82, 2.24) is 5.32 Å². The number of rotatable bonds is 12. The van der Waals surface area contributed by atoms with Crippen LogP contribution in [-0.4, -0.2) is 6.54 Å². The topological polar surface area (TPSA) is 12.0 Å². The summed E-state index contributed by atoms with van der Waals surface area (Å²) >= 11 is 0. The minimum atomic E-state index is 0.830. The predicted molar refractivity (Wildman–Crippen MR) is 281 cm³/mol. The van der Waals surface area contributed by atoms with Crippen LogP contribution in [0.25, 0.3) is 56.8 Å². The zero-order valence-electron chi connectivity index (χ0n) is 38.0. The molecule has 0 amide bonds. The van der Waals surface area contributed by atoms with E-state index in [4.69, 9.17) is 0 Å². The van der Waals surface area contributed by atoms with Gasteiger partial charge in [-0.05, 0) is 154 Å². The Morgan fingerprint density at radius 3 is 1.77 bits per heavy atom. The van der Waals surface area contributed by atoms with Gasteiger partial charge < -0.3 is 5.32 Å². The minimum Gasteiger partial charge on any atom is -0.381 e. The second-order valence-electron chi connectivity index (χ2n) is 16.5. The van der Waals surface area contributed by atoms with Crippen molar-refractivity contribution >= 4 is 34.6 Å². The van der Waals surface area contributed by atoms with E-state index >= 15 is 0 Å². The first-order chi connectivity index (χ1) is 31.2. The van der Waals surface area contributed by atoms with E-state index in [0.717, 1.165) is 35.4 Å². The first kappa shape index (κ1) is 44.6. The van der Waals surface area contributed by atoms with Crippen molar-refractivity contribution in [3.8, 4) is 22.3 Å². The number of nitrogens with one attached hydrogen (secondary N) is 1. The molecule has 1 heteroatoms. The molecule has 0 saturated carbocycles. The van der Waals surface area contributed by atoms with Gasteiger partial charge in [0.2, 0.25) is 0 Å². The first-order valence-corrected chi connectivity index (χ1v) is 22.3. The third kappa shape index (κ3) is 12.1. The summed E-state index contributed by atoms with van der Waals surface area (Å²) in [5.41, 5.74) is 22.1. The van der Waals surface area contributed by atoms with Crippen LogP contribution >= 0.6 is 0 Å². The number of allylic oxidation sites excluding steroid dienone is 9. The molecule has 7 aromatic rings. The molecule has 7 aromatic carbocycles. The maximum atomic E-state index is 4.37. The van der Waals surface area contributed by atoms with Crippen LogP contribution in [0.4, 0.5) is 0 Å². The van der Waals surface area contributed by atoms with E-state index in [9.17, 15) is 0 Å². The van der Waals surface area contributed by atoms with Crippen LogP contribution in [0.3, 0.4) is 0 Å². The summed E-state index contributed by atoms with van der Waals surface area (Å²) in [7, 11) is 0. The van der Waals surface area contributed by atoms with Gasteiger partial charge in [-0.3, -0.25) is 0 Å². The van der Waals surface area contributed by atoms with Gasteiger partial charge in [0.25, 0.3) is 0 Å². The Morgan fingerprint density at radius 1 is 0.562 bits per heavy atom. The van der Waals surface area contributed by atoms with Crippen molar-refractivity contribution in [1.29, 1.82) is 0 Å². The molecular weight excluding hydrogens is 771 g/mol. The Labute approximate surface area is 382 Å². The van der Waals surface area contributed by atoms with Gasteiger partial charge in [-0.15, -0.1) is 0 Å². The van der Waals surface area contributed by atoms with Gasteiger partial charge in [0.05, 0.1) is 0 Å². The molecule has 0 spiro atoms. The molecule has 1 aliphatic heterocycles. The summed E-state index contributed by atoms with van der Waals surface area (Å²) in [6.45, 7) is 15.9. The highest BCUT2D eigenvalue weighted by Gasteiger charge is 2.11. The Balaban J connectivity index is 0.000000321. The highest BCUT2D eigenvalue weighted by molar-refractivity contribution is 5.84. The number of aryl methyl sites for hydroxylation is 2. The fourth-order valence-corrected chi connectivity index (χ4v) is 8.00. The summed E-state index contributed by atoms with van der Waals surface area (Å²) in [6.07, 6.45) is 20.0. The maximum absolute atomic E-state index is 4.37. The molecule has 1 nitrogen and oxygen atoms in total. The summed E-state index contributed by atoms with van der Waals surface area (Å²) in [6, 6.07) is 61.0. The van der Waals surface area contributed by atoms with Crippen LogP contribution in [-0.2, 0) is 6.42 Å². The molecule has 0 saturated heterocycles. The summed E-state index contributed by atoms with van der Waals surface area (Å²) < 4.78 is 0. The second-order valence-corrected chi connectivity index (χ2v) is 16.5. The van der Waals surface area contributed by atoms with Crippen molar-refractivity contribution < 1.29 is 0 Å². The van der Waals surface area contributed by atoms with Crippen LogP contribution < -0.4 is 5.32 Å². The molecule has 0 atom stereocenters. The van der Waals surface area contributed by atoms with E-state index in [1.54, 1.807) is 0 Å². The van der Waals surface area contributed by atoms with E-state index in [-0.39, 0.29) is 0 Å². The molecule has 1 aliphatic rings. The monoisotopic (exact) mass is 829 g/mol. The molecule has 8 rings (SSSR count). The molecule has 1 heterocycles. The molecule has 0 aliphatic carbocycles. The van der Waals surface area contributed by atoms with Crippen molar-refractivity contribution in [3.05, 3.63) is 275 Å². The molecule has 0 radical (unpaired) electrons. The molecule has 64 heavy (non-hydrogen) atoms. The van der Waals surface area contributed by atoms with Gasteiger partial charge in [0.1, 0.15) is 0 Å². The number of hydrogen-bond donors (Lipinski definition) is 1. The van der Waals surface area contributed by atoms with Crippen LogP contribution in [0, 0.1) is 13.8 Å². The smallest absolute Gasteiger partial charge is 0.0416 e. The van der Waals surface area contributed by atoms with Crippen molar-refractivity contribution in [2.24, 2.45) is 0 Å². The lowest BCUT2D eigenvalue weighted by atomic mass is 9.92. The summed E-state index contributed by atoms with van der Waals surface area (Å²) in [4.78, 5) is 0. The molecule has 0 aromatic heterocycles. The summed E-state index contributed by atoms with van der Waals surface area (Å²) in [5, 5.41) is 3.52. The fraction of sp³-hybridized carbons (Fsp3) is 0.111. The highest BCUT2D eigenvalue weighted by Crippen LogP contribution is 2.32. The Kier molecular flexibility index (Phi) is 15.4. The lowest BCUT2D eigenvalue weighted by Crippen LogP contribution is -2.14. The standard InChI is InChI=1S/C47H43N.C16H16/c1-5-6-8-15-35(3)43-31-45(33-46(32-43)47-20-13-14-25-48-47)40-23-21-39(22-24-40)44-27-34(2)26-37(30-44)29-42-19-12-11-18-41(42)28-36(4)38-16-9-7-10-17-38;1-13-8-6-7-11-16(13)12-14(2)15-9-4-3-5-10-15/h5-24,26-28,30-33,48H,3,25,29H2,1-2,4H3;3-12H,1-2H3/b6-5-,15-8-,36-28+;14-12+. The van der Waals surface area contributed by atoms with Crippen molar-refractivity contribution in [2.45, 2.75) is 41.0 Å². The van der Waals surface area contributed by atoms with Gasteiger partial charge in [-0.25, -0.2) is 0 Å². The molecule has 0 unspecified atom stereocenters. The van der Waals surface area contributed by atoms with E-state index in [1.165, 1.54) is 77.9 Å². The van der Waals surface area contributed by atoms with E-state index in [0.29, 0.717) is 0 Å². The molecule has 1 N–H and O–H groups in total. The normalized spacial score (nSPS) is 12.7. The van der Waals surface area contributed by atoms with E-state index in [1.807, 2.05) is 31.2 Å². The van der Waals surface area contributed by atoms with E-state index in [2.05, 4.69) is 240 Å². The minimum absolute atomic E-state index is 0.830. The lowest BCUT2D eigenvalue weighted by molar-refractivity contribution is 0.995. The van der Waals surface area contributed by atoms with Crippen molar-refractivity contribution in [3.63, 3.8) is 0 Å². The maximum Gasteiger partial charge on any atom is 0.0416 e. The van der Waals surface area contributed by atoms with Gasteiger partial charge in [0, 0.05) is 12.2 Å². The van der Waals surface area contributed by atoms with E-state index < -0.39 is 0 Å². The third-order valence-corrected chi connectivity index (χ3v) is 11.6. The number of benzene rings is 7. The average Bonchev–Trinajstić information content (AvgIpc) is 3.33. The summed E-state index contributed by atoms with van der Waals surface area (Å²) in [5.74, 6) is 0. The average molecular weight is 830 g/mol. The van der Waals surface area contributed by atoms with Gasteiger partial charge >= 0.3 is 0 Å². The van der Waals surface area contributed by atoms with Crippen LogP contribution in [0.2, 0.25) is 0 Å². The van der Waals surface area contributed by atoms with Crippen molar-refractivity contribution in [2.75, 3.05) is 6.54 Å². The molecule has 0 fully saturated rings. The molecular formula is C63H59N. The Bertz CT molecular complexity index is 2880. The van der Waals surface area contributed by atoms with Gasteiger partial charge in [-0.2, -0.15) is 0 Å². The number of dihydropyridines is 1. The SMILES string of the molecule is C/C(=C\c1ccccc1C)c1ccccc1.C=C(/C=C\C=C/C)c1cc(C2=CC=CCN2)cc(-c2ccc(-c3cc(C)cc(Cc4ccccc4/C=C(\C)c4ccccc4)c3)cc2)c1. The van der Waals surface area contributed by atoms with Gasteiger partial charge in [-0.1, -0.05) is 212 Å². The number of hydrogen-bond acceptors (Lipinski definition) is 1. The zero-order chi connectivity index (χ0) is 44.7. The largest absolute Gasteiger partial charge is 0.381 e. The predicted octanol–water partition coefficient (Wildman–Crippen LogP) is 16.7. The first-order valence-electron chi connectivity index (χ1n) is 22.3. The fourth-order valence-electron chi connectivity index (χ4n) is 8.00.